The Bertz CT molecular complexity index is 601. The number of hydrogen-bond acceptors (Lipinski definition) is 4. The molecule has 0 atom stereocenters. The summed E-state index contributed by atoms with van der Waals surface area (Å²) in [5.74, 6) is 0.926. The van der Waals surface area contributed by atoms with Crippen molar-refractivity contribution in [3.63, 3.8) is 0 Å². The van der Waals surface area contributed by atoms with Crippen molar-refractivity contribution in [3.05, 3.63) is 59.2 Å². The molecule has 1 aromatic carbocycles. The van der Waals surface area contributed by atoms with Gasteiger partial charge in [-0.15, -0.1) is 0 Å². The van der Waals surface area contributed by atoms with Crippen molar-refractivity contribution >= 4 is 34.3 Å². The van der Waals surface area contributed by atoms with Crippen molar-refractivity contribution in [2.45, 2.75) is 6.54 Å². The lowest BCUT2D eigenvalue weighted by molar-refractivity contribution is 0.777. The molecule has 0 amide bonds. The summed E-state index contributed by atoms with van der Waals surface area (Å²) in [6.45, 7) is 2.14. The maximum atomic E-state index is 5.94. The van der Waals surface area contributed by atoms with Crippen molar-refractivity contribution in [1.82, 2.24) is 4.98 Å². The summed E-state index contributed by atoms with van der Waals surface area (Å²) in [6.07, 6.45) is 3.72. The fourth-order valence-corrected chi connectivity index (χ4v) is 2.32. The van der Waals surface area contributed by atoms with Crippen molar-refractivity contribution < 1.29 is 0 Å². The third kappa shape index (κ3) is 5.24. The van der Waals surface area contributed by atoms with Crippen LogP contribution < -0.4 is 10.6 Å². The van der Waals surface area contributed by atoms with Crippen molar-refractivity contribution in [1.29, 1.82) is 0 Å². The highest BCUT2D eigenvalue weighted by Crippen LogP contribution is 2.16. The number of thioether (sulfide) groups is 1. The van der Waals surface area contributed by atoms with Crippen LogP contribution in [0.25, 0.3) is 0 Å². The number of anilines is 1. The average molecular weight is 335 g/mol. The fourth-order valence-electron chi connectivity index (χ4n) is 1.97. The van der Waals surface area contributed by atoms with Crippen LogP contribution >= 0.6 is 23.4 Å². The zero-order valence-corrected chi connectivity index (χ0v) is 14.0. The molecule has 4 nitrogen and oxygen atoms in total. The highest BCUT2D eigenvalue weighted by atomic mass is 35.5. The van der Waals surface area contributed by atoms with Gasteiger partial charge in [0.2, 0.25) is 0 Å². The van der Waals surface area contributed by atoms with Gasteiger partial charge in [-0.3, -0.25) is 4.99 Å². The molecule has 22 heavy (non-hydrogen) atoms. The minimum Gasteiger partial charge on any atom is -0.379 e. The molecule has 1 heterocycles. The largest absolute Gasteiger partial charge is 0.379 e. The Morgan fingerprint density at radius 2 is 2.05 bits per heavy atom. The molecular formula is C16H19ClN4S. The standard InChI is InChI=1S/C16H19ClN4S/c1-22-16(18)20-10-11-21(15-4-2-3-9-19-15)12-13-5-7-14(17)8-6-13/h2-9H,10-12H2,1H3,(H2,18,20). The second-order valence-corrected chi connectivity index (χ2v) is 5.92. The monoisotopic (exact) mass is 334 g/mol. The van der Waals surface area contributed by atoms with Crippen LogP contribution in [0.4, 0.5) is 5.82 Å². The van der Waals surface area contributed by atoms with Gasteiger partial charge in [0.1, 0.15) is 5.82 Å². The van der Waals surface area contributed by atoms with E-state index in [4.69, 9.17) is 17.3 Å². The van der Waals surface area contributed by atoms with Gasteiger partial charge in [-0.1, -0.05) is 41.6 Å². The molecule has 2 rings (SSSR count). The number of halogens is 1. The molecule has 2 aromatic rings. The Morgan fingerprint density at radius 1 is 1.27 bits per heavy atom. The van der Waals surface area contributed by atoms with Crippen LogP contribution in [0.1, 0.15) is 5.56 Å². The molecule has 0 bridgehead atoms. The number of pyridine rings is 1. The van der Waals surface area contributed by atoms with E-state index in [1.54, 1.807) is 6.20 Å². The first-order valence-corrected chi connectivity index (χ1v) is 8.53. The number of benzene rings is 1. The Hall–Kier alpha value is -1.72. The van der Waals surface area contributed by atoms with Crippen molar-refractivity contribution in [3.8, 4) is 0 Å². The molecule has 6 heteroatoms. The summed E-state index contributed by atoms with van der Waals surface area (Å²) in [5.41, 5.74) is 6.91. The summed E-state index contributed by atoms with van der Waals surface area (Å²) in [6, 6.07) is 13.7. The van der Waals surface area contributed by atoms with Gasteiger partial charge in [0, 0.05) is 24.3 Å². The minimum absolute atomic E-state index is 0.604. The maximum absolute atomic E-state index is 5.94. The lowest BCUT2D eigenvalue weighted by Gasteiger charge is -2.23. The summed E-state index contributed by atoms with van der Waals surface area (Å²) in [5, 5.41) is 1.35. The second-order valence-electron chi connectivity index (χ2n) is 4.66. The van der Waals surface area contributed by atoms with Gasteiger partial charge >= 0.3 is 0 Å². The third-order valence-electron chi connectivity index (χ3n) is 3.11. The second kappa shape index (κ2) is 8.66. The van der Waals surface area contributed by atoms with Crippen LogP contribution in [-0.4, -0.2) is 29.5 Å². The smallest absolute Gasteiger partial charge is 0.153 e. The zero-order valence-electron chi connectivity index (χ0n) is 12.4. The van der Waals surface area contributed by atoms with Gasteiger partial charge in [0.25, 0.3) is 0 Å². The SMILES string of the molecule is CSC(N)=NCCN(Cc1ccc(Cl)cc1)c1ccccn1. The van der Waals surface area contributed by atoms with Gasteiger partial charge in [-0.2, -0.15) is 0 Å². The minimum atomic E-state index is 0.604. The Morgan fingerprint density at radius 3 is 2.68 bits per heavy atom. The van der Waals surface area contributed by atoms with Gasteiger partial charge in [0.15, 0.2) is 5.17 Å². The van der Waals surface area contributed by atoms with E-state index < -0.39 is 0 Å². The van der Waals surface area contributed by atoms with E-state index in [-0.39, 0.29) is 0 Å². The Balaban J connectivity index is 2.09. The van der Waals surface area contributed by atoms with Gasteiger partial charge in [-0.05, 0) is 36.1 Å². The Kier molecular flexibility index (Phi) is 6.55. The predicted molar refractivity (Wildman–Crippen MR) is 96.7 cm³/mol. The highest BCUT2D eigenvalue weighted by Gasteiger charge is 2.08. The van der Waals surface area contributed by atoms with E-state index in [2.05, 4.69) is 14.9 Å². The van der Waals surface area contributed by atoms with Crippen LogP contribution in [0, 0.1) is 0 Å². The van der Waals surface area contributed by atoms with E-state index in [1.165, 1.54) is 17.3 Å². The lowest BCUT2D eigenvalue weighted by atomic mass is 10.2. The third-order valence-corrected chi connectivity index (χ3v) is 3.91. The van der Waals surface area contributed by atoms with Crippen LogP contribution in [0.3, 0.4) is 0 Å². The number of nitrogens with two attached hydrogens (primary N) is 1. The topological polar surface area (TPSA) is 54.5 Å². The van der Waals surface area contributed by atoms with E-state index >= 15 is 0 Å². The summed E-state index contributed by atoms with van der Waals surface area (Å²) >= 11 is 7.40. The molecule has 0 radical (unpaired) electrons. The van der Waals surface area contributed by atoms with Gasteiger partial charge < -0.3 is 10.6 Å². The molecular weight excluding hydrogens is 316 g/mol. The number of amidine groups is 1. The van der Waals surface area contributed by atoms with E-state index in [0.717, 1.165) is 23.9 Å². The summed E-state index contributed by atoms with van der Waals surface area (Å²) in [4.78, 5) is 10.9. The summed E-state index contributed by atoms with van der Waals surface area (Å²) < 4.78 is 0. The lowest BCUT2D eigenvalue weighted by Crippen LogP contribution is -2.27. The van der Waals surface area contributed by atoms with E-state index in [0.29, 0.717) is 11.7 Å². The number of rotatable bonds is 6. The number of hydrogen-bond donors (Lipinski definition) is 1. The molecule has 0 saturated carbocycles. The predicted octanol–water partition coefficient (Wildman–Crippen LogP) is 3.42. The number of nitrogens with zero attached hydrogens (tertiary/aromatic N) is 3. The molecule has 116 valence electrons. The maximum Gasteiger partial charge on any atom is 0.153 e. The van der Waals surface area contributed by atoms with Crippen LogP contribution in [-0.2, 0) is 6.54 Å². The van der Waals surface area contributed by atoms with E-state index in [1.807, 2.05) is 48.7 Å². The molecule has 0 aliphatic rings. The van der Waals surface area contributed by atoms with Crippen molar-refractivity contribution in [2.24, 2.45) is 10.7 Å². The molecule has 1 aromatic heterocycles. The zero-order chi connectivity index (χ0) is 15.8. The summed E-state index contributed by atoms with van der Waals surface area (Å²) in [7, 11) is 0. The Labute approximate surface area is 140 Å². The molecule has 0 spiro atoms. The fraction of sp³-hybridized carbons (Fsp3) is 0.250. The average Bonchev–Trinajstić information content (AvgIpc) is 2.56. The normalized spacial score (nSPS) is 11.5. The van der Waals surface area contributed by atoms with Gasteiger partial charge in [-0.25, -0.2) is 4.98 Å². The molecule has 2 N–H and O–H groups in total. The van der Waals surface area contributed by atoms with Crippen molar-refractivity contribution in [2.75, 3.05) is 24.2 Å². The first-order valence-electron chi connectivity index (χ1n) is 6.93. The number of aliphatic imine (C=N–C) groups is 1. The number of aromatic nitrogens is 1. The first kappa shape index (κ1) is 16.6. The highest BCUT2D eigenvalue weighted by molar-refractivity contribution is 8.13. The molecule has 0 unspecified atom stereocenters. The first-order chi connectivity index (χ1) is 10.7. The molecule has 0 fully saturated rings. The molecule has 0 saturated heterocycles. The molecule has 0 aliphatic heterocycles. The molecule has 0 aliphatic carbocycles. The van der Waals surface area contributed by atoms with Gasteiger partial charge in [0.05, 0.1) is 6.54 Å². The van der Waals surface area contributed by atoms with E-state index in [9.17, 15) is 0 Å². The van der Waals surface area contributed by atoms with Crippen LogP contribution in [0.2, 0.25) is 5.02 Å². The van der Waals surface area contributed by atoms with Crippen LogP contribution in [0.5, 0.6) is 0 Å². The van der Waals surface area contributed by atoms with Crippen LogP contribution in [0.15, 0.2) is 53.7 Å². The quantitative estimate of drug-likeness (QED) is 0.649.